The van der Waals surface area contributed by atoms with Crippen LogP contribution in [0.25, 0.3) is 0 Å². The normalized spacial score (nSPS) is 25.7. The first kappa shape index (κ1) is 18.1. The molecule has 0 saturated carbocycles. The number of imide groups is 1. The Morgan fingerprint density at radius 3 is 2.48 bits per heavy atom. The van der Waals surface area contributed by atoms with Crippen LogP contribution in [0.15, 0.2) is 23.1 Å². The summed E-state index contributed by atoms with van der Waals surface area (Å²) in [4.78, 5) is 22.9. The molecule has 10 heteroatoms. The van der Waals surface area contributed by atoms with Crippen LogP contribution in [0, 0.1) is 11.7 Å². The van der Waals surface area contributed by atoms with Gasteiger partial charge in [0.2, 0.25) is 10.0 Å². The molecular formula is C15H17ClFN3O4S. The maximum atomic E-state index is 14.1. The smallest absolute Gasteiger partial charge is 0.322 e. The number of nitrogens with one attached hydrogen (secondary N) is 2. The lowest BCUT2D eigenvalue weighted by Gasteiger charge is -2.38. The number of carbonyl (C=O) groups is 2. The van der Waals surface area contributed by atoms with Crippen LogP contribution in [-0.2, 0) is 14.8 Å². The number of piperidine rings is 1. The van der Waals surface area contributed by atoms with Crippen LogP contribution in [-0.4, -0.2) is 43.3 Å². The summed E-state index contributed by atoms with van der Waals surface area (Å²) in [6.45, 7) is 1.87. The molecule has 2 aliphatic heterocycles. The molecule has 136 valence electrons. The average Bonchev–Trinajstić information content (AvgIpc) is 2.83. The monoisotopic (exact) mass is 389 g/mol. The van der Waals surface area contributed by atoms with E-state index in [4.69, 9.17) is 11.6 Å². The van der Waals surface area contributed by atoms with Crippen LogP contribution in [0.1, 0.15) is 19.8 Å². The van der Waals surface area contributed by atoms with E-state index in [1.54, 1.807) is 6.92 Å². The molecule has 0 spiro atoms. The molecule has 2 aliphatic rings. The van der Waals surface area contributed by atoms with Crippen LogP contribution in [0.2, 0.25) is 5.02 Å². The minimum absolute atomic E-state index is 0.123. The molecule has 2 N–H and O–H groups in total. The first-order valence-corrected chi connectivity index (χ1v) is 9.56. The molecule has 3 amide bonds. The maximum absolute atomic E-state index is 14.1. The molecule has 3 rings (SSSR count). The number of sulfonamides is 1. The number of nitrogens with zero attached hydrogens (tertiary/aromatic N) is 1. The van der Waals surface area contributed by atoms with Crippen molar-refractivity contribution in [3.05, 3.63) is 29.0 Å². The second-order valence-corrected chi connectivity index (χ2v) is 8.65. The Morgan fingerprint density at radius 1 is 1.28 bits per heavy atom. The van der Waals surface area contributed by atoms with Gasteiger partial charge in [-0.25, -0.2) is 17.6 Å². The van der Waals surface area contributed by atoms with Crippen LogP contribution < -0.4 is 10.6 Å². The number of hydrogen-bond acceptors (Lipinski definition) is 4. The summed E-state index contributed by atoms with van der Waals surface area (Å²) in [5, 5.41) is 4.55. The Balaban J connectivity index is 1.77. The summed E-state index contributed by atoms with van der Waals surface area (Å²) in [5.41, 5.74) is -1.06. The van der Waals surface area contributed by atoms with Crippen molar-refractivity contribution in [1.29, 1.82) is 0 Å². The molecule has 1 unspecified atom stereocenters. The Hall–Kier alpha value is -1.71. The van der Waals surface area contributed by atoms with E-state index in [1.807, 2.05) is 0 Å². The van der Waals surface area contributed by atoms with E-state index < -0.39 is 38.2 Å². The van der Waals surface area contributed by atoms with E-state index in [9.17, 15) is 22.4 Å². The standard InChI is InChI=1S/C15H17ClFN3O4S/c1-15(13(21)18-14(22)19-15)9-5-7-20(8-6-9)25(23,24)11-4-2-3-10(16)12(11)17/h2-4,9H,5-8H2,1H3,(H2,18,19,21,22). The van der Waals surface area contributed by atoms with Gasteiger partial charge in [0.1, 0.15) is 10.4 Å². The predicted octanol–water partition coefficient (Wildman–Crippen LogP) is 1.48. The fraction of sp³-hybridized carbons (Fsp3) is 0.467. The van der Waals surface area contributed by atoms with Gasteiger partial charge < -0.3 is 5.32 Å². The van der Waals surface area contributed by atoms with Crippen molar-refractivity contribution in [3.63, 3.8) is 0 Å². The Morgan fingerprint density at radius 2 is 1.92 bits per heavy atom. The molecule has 0 bridgehead atoms. The number of rotatable bonds is 3. The van der Waals surface area contributed by atoms with Crippen molar-refractivity contribution in [1.82, 2.24) is 14.9 Å². The van der Waals surface area contributed by atoms with Crippen molar-refractivity contribution >= 4 is 33.6 Å². The Labute approximate surface area is 149 Å². The third-order valence-electron chi connectivity index (χ3n) is 4.88. The molecule has 0 aromatic heterocycles. The molecule has 1 aromatic rings. The summed E-state index contributed by atoms with van der Waals surface area (Å²) < 4.78 is 40.6. The molecular weight excluding hydrogens is 373 g/mol. The molecule has 25 heavy (non-hydrogen) atoms. The zero-order chi connectivity index (χ0) is 18.4. The van der Waals surface area contributed by atoms with E-state index >= 15 is 0 Å². The van der Waals surface area contributed by atoms with Gasteiger partial charge in [0.15, 0.2) is 5.82 Å². The van der Waals surface area contributed by atoms with Gasteiger partial charge in [-0.05, 0) is 37.8 Å². The lowest BCUT2D eigenvalue weighted by Crippen LogP contribution is -2.54. The van der Waals surface area contributed by atoms with Crippen molar-refractivity contribution in [3.8, 4) is 0 Å². The van der Waals surface area contributed by atoms with Gasteiger partial charge in [-0.2, -0.15) is 4.31 Å². The third kappa shape index (κ3) is 3.00. The number of halogens is 2. The molecule has 2 fully saturated rings. The molecule has 2 heterocycles. The van der Waals surface area contributed by atoms with Crippen molar-refractivity contribution in [2.45, 2.75) is 30.2 Å². The quantitative estimate of drug-likeness (QED) is 0.765. The van der Waals surface area contributed by atoms with Crippen LogP contribution in [0.4, 0.5) is 9.18 Å². The van der Waals surface area contributed by atoms with Crippen LogP contribution in [0.3, 0.4) is 0 Å². The topological polar surface area (TPSA) is 95.6 Å². The summed E-state index contributed by atoms with van der Waals surface area (Å²) in [7, 11) is -4.02. The Bertz CT molecular complexity index is 839. The van der Waals surface area contributed by atoms with E-state index in [-0.39, 0.29) is 24.0 Å². The summed E-state index contributed by atoms with van der Waals surface area (Å²) >= 11 is 5.67. The number of hydrogen-bond donors (Lipinski definition) is 2. The average molecular weight is 390 g/mol. The van der Waals surface area contributed by atoms with E-state index in [0.29, 0.717) is 12.8 Å². The molecule has 0 aliphatic carbocycles. The van der Waals surface area contributed by atoms with Gasteiger partial charge in [-0.1, -0.05) is 17.7 Å². The number of amides is 3. The summed E-state index contributed by atoms with van der Waals surface area (Å²) in [6, 6.07) is 3.28. The van der Waals surface area contributed by atoms with Crippen molar-refractivity contribution in [2.24, 2.45) is 5.92 Å². The van der Waals surface area contributed by atoms with Gasteiger partial charge in [-0.15, -0.1) is 0 Å². The zero-order valence-electron chi connectivity index (χ0n) is 13.4. The van der Waals surface area contributed by atoms with E-state index in [1.165, 1.54) is 22.5 Å². The van der Waals surface area contributed by atoms with Gasteiger partial charge >= 0.3 is 6.03 Å². The second kappa shape index (κ2) is 6.22. The molecule has 1 atom stereocenters. The van der Waals surface area contributed by atoms with Gasteiger partial charge in [0.05, 0.1) is 5.02 Å². The fourth-order valence-electron chi connectivity index (χ4n) is 3.34. The molecule has 0 radical (unpaired) electrons. The molecule has 7 nitrogen and oxygen atoms in total. The van der Waals surface area contributed by atoms with Gasteiger partial charge in [0.25, 0.3) is 5.91 Å². The van der Waals surface area contributed by atoms with E-state index in [2.05, 4.69) is 10.6 Å². The minimum atomic E-state index is -4.02. The summed E-state index contributed by atoms with van der Waals surface area (Å²) in [6.07, 6.45) is 0.733. The summed E-state index contributed by atoms with van der Waals surface area (Å²) in [5.74, 6) is -1.60. The molecule has 1 aromatic carbocycles. The van der Waals surface area contributed by atoms with Crippen molar-refractivity contribution < 1.29 is 22.4 Å². The second-order valence-electron chi connectivity index (χ2n) is 6.34. The number of carbonyl (C=O) groups excluding carboxylic acids is 2. The van der Waals surface area contributed by atoms with Gasteiger partial charge in [-0.3, -0.25) is 10.1 Å². The lowest BCUT2D eigenvalue weighted by molar-refractivity contribution is -0.125. The fourth-order valence-corrected chi connectivity index (χ4v) is 5.13. The van der Waals surface area contributed by atoms with E-state index in [0.717, 1.165) is 0 Å². The Kier molecular flexibility index (Phi) is 4.50. The highest BCUT2D eigenvalue weighted by molar-refractivity contribution is 7.89. The molecule has 2 saturated heterocycles. The zero-order valence-corrected chi connectivity index (χ0v) is 15.0. The first-order valence-electron chi connectivity index (χ1n) is 7.74. The highest BCUT2D eigenvalue weighted by Gasteiger charge is 2.49. The highest BCUT2D eigenvalue weighted by atomic mass is 35.5. The van der Waals surface area contributed by atoms with Crippen molar-refractivity contribution in [2.75, 3.05) is 13.1 Å². The largest absolute Gasteiger partial charge is 0.323 e. The van der Waals surface area contributed by atoms with Gasteiger partial charge in [0, 0.05) is 13.1 Å². The first-order chi connectivity index (χ1) is 11.7. The third-order valence-corrected chi connectivity index (χ3v) is 7.08. The lowest BCUT2D eigenvalue weighted by atomic mass is 9.79. The SMILES string of the molecule is CC1(C2CCN(S(=O)(=O)c3cccc(Cl)c3F)CC2)NC(=O)NC1=O. The number of urea groups is 1. The maximum Gasteiger partial charge on any atom is 0.322 e. The van der Waals surface area contributed by atoms with Crippen LogP contribution >= 0.6 is 11.6 Å². The predicted molar refractivity (Wildman–Crippen MR) is 88.0 cm³/mol. The highest BCUT2D eigenvalue weighted by Crippen LogP contribution is 2.33. The minimum Gasteiger partial charge on any atom is -0.323 e. The number of benzene rings is 1. The van der Waals surface area contributed by atoms with Crippen LogP contribution in [0.5, 0.6) is 0 Å².